The number of ether oxygens (including phenoxy) is 1. The summed E-state index contributed by atoms with van der Waals surface area (Å²) in [7, 11) is 1.40. The summed E-state index contributed by atoms with van der Waals surface area (Å²) in [6.07, 6.45) is 4.54. The Bertz CT molecular complexity index is 253. The number of carbonyl (C=O) groups excluding carboxylic acids is 1. The van der Waals surface area contributed by atoms with Gasteiger partial charge in [0.15, 0.2) is 0 Å². The molecular weight excluding hydrogens is 190 g/mol. The van der Waals surface area contributed by atoms with Crippen molar-refractivity contribution in [1.29, 1.82) is 0 Å². The standard InChI is InChI=1S/C12H21NO2/c1-12(2,3)10-5-7-13(9-10)8-6-11(14)15-4/h6,8,10H,5,7,9H2,1-4H3/b8-6+. The molecule has 0 bridgehead atoms. The van der Waals surface area contributed by atoms with E-state index in [0.717, 1.165) is 13.1 Å². The van der Waals surface area contributed by atoms with E-state index in [1.54, 1.807) is 0 Å². The highest BCUT2D eigenvalue weighted by molar-refractivity contribution is 5.81. The van der Waals surface area contributed by atoms with Gasteiger partial charge in [0, 0.05) is 25.4 Å². The minimum Gasteiger partial charge on any atom is -0.466 e. The largest absolute Gasteiger partial charge is 0.466 e. The summed E-state index contributed by atoms with van der Waals surface area (Å²) >= 11 is 0. The van der Waals surface area contributed by atoms with Crippen LogP contribution in [0.2, 0.25) is 0 Å². The molecule has 0 N–H and O–H groups in total. The minimum absolute atomic E-state index is 0.283. The van der Waals surface area contributed by atoms with Gasteiger partial charge < -0.3 is 9.64 Å². The molecule has 1 heterocycles. The van der Waals surface area contributed by atoms with E-state index in [1.807, 2.05) is 6.20 Å². The van der Waals surface area contributed by atoms with Crippen molar-refractivity contribution in [2.45, 2.75) is 27.2 Å². The van der Waals surface area contributed by atoms with Gasteiger partial charge in [-0.1, -0.05) is 20.8 Å². The maximum atomic E-state index is 10.9. The molecule has 0 spiro atoms. The average molecular weight is 211 g/mol. The Balaban J connectivity index is 2.44. The fourth-order valence-corrected chi connectivity index (χ4v) is 1.86. The number of esters is 1. The molecule has 0 aromatic rings. The first-order valence-corrected chi connectivity index (χ1v) is 5.43. The number of hydrogen-bond acceptors (Lipinski definition) is 3. The lowest BCUT2D eigenvalue weighted by molar-refractivity contribution is -0.134. The molecule has 1 saturated heterocycles. The number of methoxy groups -OCH3 is 1. The van der Waals surface area contributed by atoms with Crippen LogP contribution in [0.3, 0.4) is 0 Å². The fourth-order valence-electron chi connectivity index (χ4n) is 1.86. The third kappa shape index (κ3) is 3.57. The summed E-state index contributed by atoms with van der Waals surface area (Å²) in [5.74, 6) is 0.425. The van der Waals surface area contributed by atoms with Crippen LogP contribution in [0, 0.1) is 11.3 Å². The molecule has 86 valence electrons. The first-order chi connectivity index (χ1) is 6.93. The molecule has 1 aliphatic rings. The number of likely N-dealkylation sites (tertiary alicyclic amines) is 1. The second kappa shape index (κ2) is 4.69. The molecule has 3 heteroatoms. The number of rotatable bonds is 2. The van der Waals surface area contributed by atoms with E-state index >= 15 is 0 Å². The van der Waals surface area contributed by atoms with E-state index in [2.05, 4.69) is 30.4 Å². The first-order valence-electron chi connectivity index (χ1n) is 5.43. The van der Waals surface area contributed by atoms with Crippen LogP contribution in [0.15, 0.2) is 12.3 Å². The van der Waals surface area contributed by atoms with Crippen LogP contribution in [0.1, 0.15) is 27.2 Å². The highest BCUT2D eigenvalue weighted by Gasteiger charge is 2.30. The number of hydrogen-bond donors (Lipinski definition) is 0. The maximum Gasteiger partial charge on any atom is 0.331 e. The molecule has 3 nitrogen and oxygen atoms in total. The lowest BCUT2D eigenvalue weighted by Crippen LogP contribution is -2.23. The summed E-state index contributed by atoms with van der Waals surface area (Å²) in [5.41, 5.74) is 0.355. The zero-order valence-electron chi connectivity index (χ0n) is 10.1. The summed E-state index contributed by atoms with van der Waals surface area (Å²) in [5, 5.41) is 0. The van der Waals surface area contributed by atoms with Crippen molar-refractivity contribution in [2.75, 3.05) is 20.2 Å². The van der Waals surface area contributed by atoms with Gasteiger partial charge in [-0.3, -0.25) is 0 Å². The first kappa shape index (κ1) is 12.1. The van der Waals surface area contributed by atoms with E-state index in [9.17, 15) is 4.79 Å². The van der Waals surface area contributed by atoms with E-state index < -0.39 is 0 Å². The highest BCUT2D eigenvalue weighted by atomic mass is 16.5. The van der Waals surface area contributed by atoms with Gasteiger partial charge in [0.25, 0.3) is 0 Å². The molecule has 1 aliphatic heterocycles. The van der Waals surface area contributed by atoms with Crippen LogP contribution in [-0.2, 0) is 9.53 Å². The van der Waals surface area contributed by atoms with E-state index in [4.69, 9.17) is 0 Å². The molecule has 1 atom stereocenters. The van der Waals surface area contributed by atoms with Crippen LogP contribution in [0.5, 0.6) is 0 Å². The van der Waals surface area contributed by atoms with Crippen LogP contribution >= 0.6 is 0 Å². The topological polar surface area (TPSA) is 29.5 Å². The summed E-state index contributed by atoms with van der Waals surface area (Å²) < 4.78 is 4.55. The van der Waals surface area contributed by atoms with Crippen molar-refractivity contribution in [3.63, 3.8) is 0 Å². The minimum atomic E-state index is -0.283. The van der Waals surface area contributed by atoms with Gasteiger partial charge in [0.2, 0.25) is 0 Å². The van der Waals surface area contributed by atoms with E-state index in [0.29, 0.717) is 11.3 Å². The zero-order chi connectivity index (χ0) is 11.5. The highest BCUT2D eigenvalue weighted by Crippen LogP contribution is 2.33. The third-order valence-electron chi connectivity index (χ3n) is 3.07. The Labute approximate surface area is 92.1 Å². The SMILES string of the molecule is COC(=O)/C=C/N1CCC(C(C)(C)C)C1. The smallest absolute Gasteiger partial charge is 0.331 e. The Morgan fingerprint density at radius 1 is 1.47 bits per heavy atom. The average Bonchev–Trinajstić information content (AvgIpc) is 2.61. The van der Waals surface area contributed by atoms with Crippen molar-refractivity contribution < 1.29 is 9.53 Å². The van der Waals surface area contributed by atoms with E-state index in [1.165, 1.54) is 19.6 Å². The second-order valence-corrected chi connectivity index (χ2v) is 5.19. The van der Waals surface area contributed by atoms with Gasteiger partial charge in [-0.25, -0.2) is 4.79 Å². The summed E-state index contributed by atoms with van der Waals surface area (Å²) in [4.78, 5) is 13.1. The normalized spacial score (nSPS) is 22.4. The predicted octanol–water partition coefficient (Wildman–Crippen LogP) is 2.04. The number of carbonyl (C=O) groups is 1. The van der Waals surface area contributed by atoms with Gasteiger partial charge >= 0.3 is 5.97 Å². The van der Waals surface area contributed by atoms with E-state index in [-0.39, 0.29) is 5.97 Å². The van der Waals surface area contributed by atoms with Gasteiger partial charge in [0.05, 0.1) is 7.11 Å². The van der Waals surface area contributed by atoms with Gasteiger partial charge in [-0.2, -0.15) is 0 Å². The molecule has 0 radical (unpaired) electrons. The molecule has 1 fully saturated rings. The van der Waals surface area contributed by atoms with Crippen molar-refractivity contribution in [2.24, 2.45) is 11.3 Å². The quantitative estimate of drug-likeness (QED) is 0.517. The van der Waals surface area contributed by atoms with Crippen molar-refractivity contribution in [3.8, 4) is 0 Å². The Kier molecular flexibility index (Phi) is 3.77. The lowest BCUT2D eigenvalue weighted by Gasteiger charge is -2.26. The predicted molar refractivity (Wildman–Crippen MR) is 60.3 cm³/mol. The van der Waals surface area contributed by atoms with Crippen molar-refractivity contribution in [3.05, 3.63) is 12.3 Å². The molecule has 1 unspecified atom stereocenters. The zero-order valence-corrected chi connectivity index (χ0v) is 10.1. The molecule has 0 aliphatic carbocycles. The Morgan fingerprint density at radius 3 is 2.60 bits per heavy atom. The van der Waals surface area contributed by atoms with Gasteiger partial charge in [-0.05, 0) is 17.8 Å². The Morgan fingerprint density at radius 2 is 2.13 bits per heavy atom. The van der Waals surface area contributed by atoms with Gasteiger partial charge in [0.1, 0.15) is 0 Å². The van der Waals surface area contributed by atoms with Crippen LogP contribution in [-0.4, -0.2) is 31.1 Å². The summed E-state index contributed by atoms with van der Waals surface area (Å²) in [6.45, 7) is 8.88. The van der Waals surface area contributed by atoms with Crippen LogP contribution in [0.25, 0.3) is 0 Å². The second-order valence-electron chi connectivity index (χ2n) is 5.19. The molecular formula is C12H21NO2. The monoisotopic (exact) mass is 211 g/mol. The Hall–Kier alpha value is -0.990. The third-order valence-corrected chi connectivity index (χ3v) is 3.07. The van der Waals surface area contributed by atoms with Crippen LogP contribution < -0.4 is 0 Å². The number of nitrogens with zero attached hydrogens (tertiary/aromatic N) is 1. The molecule has 15 heavy (non-hydrogen) atoms. The molecule has 0 aromatic carbocycles. The van der Waals surface area contributed by atoms with Crippen LogP contribution in [0.4, 0.5) is 0 Å². The molecule has 0 aromatic heterocycles. The van der Waals surface area contributed by atoms with Crippen molar-refractivity contribution >= 4 is 5.97 Å². The van der Waals surface area contributed by atoms with Gasteiger partial charge in [-0.15, -0.1) is 0 Å². The maximum absolute atomic E-state index is 10.9. The van der Waals surface area contributed by atoms with Crippen molar-refractivity contribution in [1.82, 2.24) is 4.90 Å². The molecule has 1 rings (SSSR count). The summed E-state index contributed by atoms with van der Waals surface area (Å²) in [6, 6.07) is 0. The fraction of sp³-hybridized carbons (Fsp3) is 0.750. The lowest BCUT2D eigenvalue weighted by atomic mass is 9.80. The molecule has 0 saturated carbocycles. The molecule has 0 amide bonds.